The van der Waals surface area contributed by atoms with Crippen LogP contribution in [0.5, 0.6) is 0 Å². The number of hydrogen-bond acceptors (Lipinski definition) is 5. The van der Waals surface area contributed by atoms with Gasteiger partial charge in [-0.25, -0.2) is 23.1 Å². The van der Waals surface area contributed by atoms with Crippen molar-refractivity contribution in [3.63, 3.8) is 0 Å². The van der Waals surface area contributed by atoms with E-state index in [1.165, 1.54) is 15.7 Å². The molecular weight excluding hydrogens is 332 g/mol. The smallest absolute Gasteiger partial charge is 0.259 e. The molecule has 0 unspecified atom stereocenters. The first-order valence-corrected chi connectivity index (χ1v) is 8.87. The normalized spacial score (nSPS) is 12.0. The lowest BCUT2D eigenvalue weighted by Gasteiger charge is -2.06. The van der Waals surface area contributed by atoms with Crippen LogP contribution in [0, 0.1) is 0 Å². The number of aromatic nitrogens is 3. The van der Waals surface area contributed by atoms with Gasteiger partial charge in [0.25, 0.3) is 10.0 Å². The molecule has 3 aromatic heterocycles. The molecular formula is C12H11ClN4O2S2. The van der Waals surface area contributed by atoms with Crippen LogP contribution in [0.2, 0.25) is 5.15 Å². The van der Waals surface area contributed by atoms with Crippen molar-refractivity contribution in [3.05, 3.63) is 46.1 Å². The predicted octanol–water partition coefficient (Wildman–Crippen LogP) is 1.97. The van der Waals surface area contributed by atoms with Gasteiger partial charge in [0.1, 0.15) is 5.65 Å². The summed E-state index contributed by atoms with van der Waals surface area (Å²) in [6, 6.07) is 5.18. The van der Waals surface area contributed by atoms with Crippen LogP contribution in [0.15, 0.2) is 40.3 Å². The van der Waals surface area contributed by atoms with E-state index < -0.39 is 10.0 Å². The second-order valence-electron chi connectivity index (χ2n) is 4.26. The third-order valence-corrected chi connectivity index (χ3v) is 5.35. The summed E-state index contributed by atoms with van der Waals surface area (Å²) in [6.45, 7) is 0.252. The molecule has 0 aromatic carbocycles. The van der Waals surface area contributed by atoms with Crippen LogP contribution < -0.4 is 4.72 Å². The van der Waals surface area contributed by atoms with E-state index in [-0.39, 0.29) is 16.7 Å². The fourth-order valence-electron chi connectivity index (χ4n) is 1.93. The molecule has 0 aliphatic carbocycles. The minimum atomic E-state index is -3.73. The van der Waals surface area contributed by atoms with Crippen molar-refractivity contribution in [2.75, 3.05) is 6.54 Å². The number of nitrogens with one attached hydrogen (secondary N) is 1. The Hall–Kier alpha value is -1.48. The Labute approximate surface area is 130 Å². The zero-order valence-corrected chi connectivity index (χ0v) is 13.1. The Kier molecular flexibility index (Phi) is 3.94. The molecule has 0 fully saturated rings. The number of pyridine rings is 1. The van der Waals surface area contributed by atoms with E-state index in [0.29, 0.717) is 12.1 Å². The van der Waals surface area contributed by atoms with Crippen molar-refractivity contribution in [1.82, 2.24) is 19.1 Å². The first-order chi connectivity index (χ1) is 10.1. The number of halogens is 1. The van der Waals surface area contributed by atoms with Gasteiger partial charge in [0.15, 0.2) is 10.2 Å². The van der Waals surface area contributed by atoms with Crippen LogP contribution in [0.4, 0.5) is 0 Å². The van der Waals surface area contributed by atoms with E-state index in [9.17, 15) is 8.42 Å². The molecule has 0 radical (unpaired) electrons. The zero-order valence-electron chi connectivity index (χ0n) is 10.7. The Balaban J connectivity index is 1.84. The van der Waals surface area contributed by atoms with Gasteiger partial charge in [-0.15, -0.1) is 11.3 Å². The predicted molar refractivity (Wildman–Crippen MR) is 81.2 cm³/mol. The van der Waals surface area contributed by atoms with Crippen molar-refractivity contribution in [1.29, 1.82) is 0 Å². The first-order valence-electron chi connectivity index (χ1n) is 6.07. The van der Waals surface area contributed by atoms with E-state index in [0.717, 1.165) is 5.69 Å². The summed E-state index contributed by atoms with van der Waals surface area (Å²) in [4.78, 5) is 8.14. The maximum absolute atomic E-state index is 12.4. The number of rotatable bonds is 5. The summed E-state index contributed by atoms with van der Waals surface area (Å²) in [5.41, 5.74) is 3.06. The van der Waals surface area contributed by atoms with Crippen LogP contribution in [-0.2, 0) is 16.4 Å². The molecule has 3 heterocycles. The van der Waals surface area contributed by atoms with Gasteiger partial charge in [-0.1, -0.05) is 17.7 Å². The number of fused-ring (bicyclic) bond motifs is 1. The molecule has 21 heavy (non-hydrogen) atoms. The van der Waals surface area contributed by atoms with Crippen molar-refractivity contribution < 1.29 is 8.42 Å². The summed E-state index contributed by atoms with van der Waals surface area (Å²) in [6.07, 6.45) is 2.14. The number of hydrogen-bond donors (Lipinski definition) is 1. The topological polar surface area (TPSA) is 76.4 Å². The van der Waals surface area contributed by atoms with E-state index in [1.807, 2.05) is 5.38 Å². The Morgan fingerprint density at radius 1 is 1.38 bits per heavy atom. The number of sulfonamides is 1. The van der Waals surface area contributed by atoms with E-state index in [4.69, 9.17) is 11.6 Å². The quantitative estimate of drug-likeness (QED) is 0.769. The monoisotopic (exact) mass is 342 g/mol. The number of thiazole rings is 1. The van der Waals surface area contributed by atoms with Crippen molar-refractivity contribution in [2.24, 2.45) is 0 Å². The minimum Gasteiger partial charge on any atom is -0.288 e. The molecule has 0 bridgehead atoms. The summed E-state index contributed by atoms with van der Waals surface area (Å²) in [5, 5.41) is 1.80. The maximum atomic E-state index is 12.4. The van der Waals surface area contributed by atoms with Crippen LogP contribution in [0.25, 0.3) is 5.65 Å². The molecule has 0 saturated carbocycles. The summed E-state index contributed by atoms with van der Waals surface area (Å²) >= 11 is 7.44. The van der Waals surface area contributed by atoms with Crippen LogP contribution in [0.1, 0.15) is 5.69 Å². The number of imidazole rings is 1. The fourth-order valence-corrected chi connectivity index (χ4v) is 4.19. The average molecular weight is 343 g/mol. The Morgan fingerprint density at radius 2 is 2.24 bits per heavy atom. The highest BCUT2D eigenvalue weighted by Gasteiger charge is 2.23. The average Bonchev–Trinajstić information content (AvgIpc) is 3.04. The molecule has 0 saturated heterocycles. The minimum absolute atomic E-state index is 0.0395. The van der Waals surface area contributed by atoms with Gasteiger partial charge in [-0.05, 0) is 12.1 Å². The van der Waals surface area contributed by atoms with Gasteiger partial charge in [0.05, 0.1) is 11.2 Å². The van der Waals surface area contributed by atoms with Gasteiger partial charge >= 0.3 is 0 Å². The molecule has 1 N–H and O–H groups in total. The van der Waals surface area contributed by atoms with Crippen LogP contribution >= 0.6 is 22.9 Å². The van der Waals surface area contributed by atoms with Crippen molar-refractivity contribution in [3.8, 4) is 0 Å². The van der Waals surface area contributed by atoms with Gasteiger partial charge in [-0.2, -0.15) is 0 Å². The Morgan fingerprint density at radius 3 is 3.00 bits per heavy atom. The van der Waals surface area contributed by atoms with Gasteiger partial charge in [-0.3, -0.25) is 4.40 Å². The summed E-state index contributed by atoms with van der Waals surface area (Å²) < 4.78 is 28.7. The highest BCUT2D eigenvalue weighted by atomic mass is 35.5. The van der Waals surface area contributed by atoms with Gasteiger partial charge in [0.2, 0.25) is 0 Å². The number of nitrogens with zero attached hydrogens (tertiary/aromatic N) is 3. The SMILES string of the molecule is O=S(=O)(NCCc1cscn1)c1c(Cl)nc2ccccn12. The highest BCUT2D eigenvalue weighted by molar-refractivity contribution is 7.89. The van der Waals surface area contributed by atoms with Crippen LogP contribution in [-0.4, -0.2) is 29.3 Å². The third-order valence-electron chi connectivity index (χ3n) is 2.86. The molecule has 6 nitrogen and oxygen atoms in total. The second kappa shape index (κ2) is 5.72. The molecule has 0 spiro atoms. The lowest BCUT2D eigenvalue weighted by atomic mass is 10.3. The highest BCUT2D eigenvalue weighted by Crippen LogP contribution is 2.22. The largest absolute Gasteiger partial charge is 0.288 e. The molecule has 0 aliphatic heterocycles. The Bertz CT molecular complexity index is 859. The molecule has 3 aromatic rings. The van der Waals surface area contributed by atoms with Gasteiger partial charge < -0.3 is 0 Å². The molecule has 0 aliphatic rings. The van der Waals surface area contributed by atoms with Crippen molar-refractivity contribution >= 4 is 38.6 Å². The van der Waals surface area contributed by atoms with E-state index in [1.54, 1.807) is 29.9 Å². The molecule has 110 valence electrons. The summed E-state index contributed by atoms with van der Waals surface area (Å²) in [7, 11) is -3.73. The summed E-state index contributed by atoms with van der Waals surface area (Å²) in [5.74, 6) is 0. The van der Waals surface area contributed by atoms with Crippen molar-refractivity contribution in [2.45, 2.75) is 11.4 Å². The molecule has 3 rings (SSSR count). The lowest BCUT2D eigenvalue weighted by Crippen LogP contribution is -2.27. The standard InChI is InChI=1S/C12H11ClN4O2S2/c13-11-12(17-6-2-1-3-10(17)16-11)21(18,19)15-5-4-9-7-20-8-14-9/h1-3,6-8,15H,4-5H2. The zero-order chi connectivity index (χ0) is 14.9. The van der Waals surface area contributed by atoms with Crippen LogP contribution in [0.3, 0.4) is 0 Å². The van der Waals surface area contributed by atoms with E-state index >= 15 is 0 Å². The molecule has 0 atom stereocenters. The van der Waals surface area contributed by atoms with E-state index in [2.05, 4.69) is 14.7 Å². The first kappa shape index (κ1) is 14.5. The second-order valence-corrected chi connectivity index (χ2v) is 7.02. The maximum Gasteiger partial charge on any atom is 0.259 e. The fraction of sp³-hybridized carbons (Fsp3) is 0.167. The molecule has 9 heteroatoms. The third kappa shape index (κ3) is 2.93. The lowest BCUT2D eigenvalue weighted by molar-refractivity contribution is 0.576. The molecule has 0 amide bonds. The van der Waals surface area contributed by atoms with Gasteiger partial charge in [0, 0.05) is 24.5 Å².